The first-order valence-corrected chi connectivity index (χ1v) is 7.13. The lowest BCUT2D eigenvalue weighted by molar-refractivity contribution is -0.233. The Bertz CT molecular complexity index is 304. The summed E-state index contributed by atoms with van der Waals surface area (Å²) < 4.78 is 18.5. The maximum absolute atomic E-state index is 10.3. The normalized spacial score (nSPS) is 33.9. The van der Waals surface area contributed by atoms with Gasteiger partial charge < -0.3 is 14.0 Å². The van der Waals surface area contributed by atoms with Crippen molar-refractivity contribution < 1.29 is 14.0 Å². The SMILES string of the molecule is [3H][B]SOCC(C)(C)C1(C)O[C@H](CC=C)CCC1O. The van der Waals surface area contributed by atoms with Crippen LogP contribution in [0.1, 0.15) is 40.0 Å². The summed E-state index contributed by atoms with van der Waals surface area (Å²) in [6.45, 7) is 10.2. The van der Waals surface area contributed by atoms with Crippen molar-refractivity contribution >= 4 is 19.0 Å². The Balaban J connectivity index is 2.75. The quantitative estimate of drug-likeness (QED) is 0.334. The first-order chi connectivity index (χ1) is 8.87. The average Bonchev–Trinajstić information content (AvgIpc) is 2.34. The van der Waals surface area contributed by atoms with Crippen LogP contribution in [0.4, 0.5) is 0 Å². The standard InChI is InChI=1S/C13H24BO3S/c1-5-6-10-7-8-11(15)13(4,17-10)12(2,3)9-16-18-14/h5,10-11,14-15H,1,6-9H2,2-4H3/t10-,11?,13?/m1/s1/i14T. The highest BCUT2D eigenvalue weighted by atomic mass is 32.2. The molecule has 2 unspecified atom stereocenters. The Labute approximate surface area is 117 Å². The molecule has 3 nitrogen and oxygen atoms in total. The van der Waals surface area contributed by atoms with Gasteiger partial charge in [0.05, 0.1) is 24.4 Å². The molecule has 1 aliphatic heterocycles. The molecule has 0 aromatic carbocycles. The van der Waals surface area contributed by atoms with Crippen molar-refractivity contribution in [1.29, 1.82) is 1.34 Å². The van der Waals surface area contributed by atoms with Gasteiger partial charge in [-0.05, 0) is 27.5 Å². The Morgan fingerprint density at radius 2 is 2.44 bits per heavy atom. The van der Waals surface area contributed by atoms with Crippen LogP contribution in [0.25, 0.3) is 0 Å². The van der Waals surface area contributed by atoms with E-state index in [1.165, 1.54) is 0 Å². The Morgan fingerprint density at radius 1 is 1.72 bits per heavy atom. The van der Waals surface area contributed by atoms with Crippen molar-refractivity contribution in [3.05, 3.63) is 12.7 Å². The minimum Gasteiger partial charge on any atom is -0.390 e. The molecule has 0 amide bonds. The lowest BCUT2D eigenvalue weighted by atomic mass is 9.70. The van der Waals surface area contributed by atoms with E-state index in [4.69, 9.17) is 10.3 Å². The van der Waals surface area contributed by atoms with Gasteiger partial charge in [0.15, 0.2) is 0 Å². The van der Waals surface area contributed by atoms with Crippen LogP contribution in [-0.2, 0) is 8.92 Å². The summed E-state index contributed by atoms with van der Waals surface area (Å²) in [4.78, 5) is 0. The van der Waals surface area contributed by atoms with Gasteiger partial charge in [0.2, 0.25) is 7.09 Å². The summed E-state index contributed by atoms with van der Waals surface area (Å²) in [5, 5.41) is 10.3. The molecule has 1 aliphatic rings. The summed E-state index contributed by atoms with van der Waals surface area (Å²) in [5.74, 6) is 0. The summed E-state index contributed by atoms with van der Waals surface area (Å²) in [6, 6.07) is 0. The van der Waals surface area contributed by atoms with Crippen molar-refractivity contribution in [2.45, 2.75) is 57.8 Å². The molecular formula is C13H24BO3S. The molecule has 0 saturated carbocycles. The maximum Gasteiger partial charge on any atom is 0.209 e. The van der Waals surface area contributed by atoms with Gasteiger partial charge >= 0.3 is 0 Å². The van der Waals surface area contributed by atoms with E-state index >= 15 is 0 Å². The predicted octanol–water partition coefficient (Wildman–Crippen LogP) is 2.37. The Kier molecular flexibility index (Phi) is 5.19. The molecule has 0 aromatic rings. The fourth-order valence-electron chi connectivity index (χ4n) is 2.39. The second-order valence-corrected chi connectivity index (χ2v) is 6.13. The average molecular weight is 273 g/mol. The third kappa shape index (κ3) is 3.32. The van der Waals surface area contributed by atoms with Crippen molar-refractivity contribution in [3.63, 3.8) is 0 Å². The largest absolute Gasteiger partial charge is 0.390 e. The zero-order chi connectivity index (χ0) is 14.5. The molecule has 1 fully saturated rings. The van der Waals surface area contributed by atoms with Crippen LogP contribution < -0.4 is 0 Å². The molecule has 5 heteroatoms. The fraction of sp³-hybridized carbons (Fsp3) is 0.846. The fourth-order valence-corrected chi connectivity index (χ4v) is 2.75. The first-order valence-electron chi connectivity index (χ1n) is 6.90. The van der Waals surface area contributed by atoms with E-state index in [0.717, 1.165) is 38.2 Å². The van der Waals surface area contributed by atoms with E-state index in [2.05, 4.69) is 6.58 Å². The highest BCUT2D eigenvalue weighted by Gasteiger charge is 2.51. The van der Waals surface area contributed by atoms with Gasteiger partial charge in [0.1, 0.15) is 0 Å². The molecule has 3 atom stereocenters. The number of ether oxygens (including phenoxy) is 1. The monoisotopic (exact) mass is 273 g/mol. The summed E-state index contributed by atoms with van der Waals surface area (Å²) in [7, 11) is 1.15. The topological polar surface area (TPSA) is 38.7 Å². The first kappa shape index (κ1) is 14.4. The van der Waals surface area contributed by atoms with Gasteiger partial charge in [-0.15, -0.1) is 6.58 Å². The zero-order valence-corrected chi connectivity index (χ0v) is 12.3. The van der Waals surface area contributed by atoms with E-state index in [1.54, 1.807) is 0 Å². The molecule has 1 saturated heterocycles. The van der Waals surface area contributed by atoms with E-state index in [-0.39, 0.29) is 11.5 Å². The van der Waals surface area contributed by atoms with Gasteiger partial charge in [-0.1, -0.05) is 31.8 Å². The highest BCUT2D eigenvalue weighted by Crippen LogP contribution is 2.43. The van der Waals surface area contributed by atoms with Crippen molar-refractivity contribution in [2.24, 2.45) is 5.41 Å². The lowest BCUT2D eigenvalue weighted by Gasteiger charge is -2.51. The second kappa shape index (κ2) is 6.46. The molecule has 1 radical (unpaired) electrons. The van der Waals surface area contributed by atoms with Gasteiger partial charge in [-0.2, -0.15) is 0 Å². The molecule has 1 rings (SSSR count). The lowest BCUT2D eigenvalue weighted by Crippen LogP contribution is -2.59. The van der Waals surface area contributed by atoms with Gasteiger partial charge in [0, 0.05) is 5.41 Å². The van der Waals surface area contributed by atoms with Gasteiger partial charge in [-0.25, -0.2) is 0 Å². The van der Waals surface area contributed by atoms with Gasteiger partial charge in [-0.3, -0.25) is 0 Å². The van der Waals surface area contributed by atoms with Crippen LogP contribution >= 0.6 is 11.9 Å². The molecule has 0 bridgehead atoms. The smallest absolute Gasteiger partial charge is 0.209 e. The Hall–Kier alpha value is 0.0349. The third-order valence-electron chi connectivity index (χ3n) is 4.07. The molecular weight excluding hydrogens is 247 g/mol. The summed E-state index contributed by atoms with van der Waals surface area (Å²) in [6.07, 6.45) is 3.86. The van der Waals surface area contributed by atoms with E-state index in [1.807, 2.05) is 26.8 Å². The minimum absolute atomic E-state index is 0.112. The molecule has 1 N–H and O–H groups in total. The van der Waals surface area contributed by atoms with Crippen LogP contribution in [0.15, 0.2) is 12.7 Å². The number of hydrogen-bond donors (Lipinski definition) is 1. The van der Waals surface area contributed by atoms with E-state index in [0.29, 0.717) is 6.61 Å². The molecule has 0 aliphatic carbocycles. The zero-order valence-electron chi connectivity index (χ0n) is 12.5. The van der Waals surface area contributed by atoms with Crippen LogP contribution in [0, 0.1) is 5.41 Å². The second-order valence-electron chi connectivity index (χ2n) is 5.71. The van der Waals surface area contributed by atoms with Crippen LogP contribution in [0.5, 0.6) is 0 Å². The molecule has 0 aromatic heterocycles. The van der Waals surface area contributed by atoms with Crippen LogP contribution in [0.3, 0.4) is 0 Å². The van der Waals surface area contributed by atoms with Crippen molar-refractivity contribution in [1.82, 2.24) is 0 Å². The molecule has 18 heavy (non-hydrogen) atoms. The summed E-state index contributed by atoms with van der Waals surface area (Å²) in [5.41, 5.74) is -0.996. The maximum atomic E-state index is 10.3. The summed E-state index contributed by atoms with van der Waals surface area (Å²) >= 11 is 0.998. The molecule has 0 spiro atoms. The Morgan fingerprint density at radius 3 is 3.06 bits per heavy atom. The van der Waals surface area contributed by atoms with Crippen molar-refractivity contribution in [3.8, 4) is 0 Å². The van der Waals surface area contributed by atoms with E-state index < -0.39 is 11.7 Å². The number of hydrogen-bond acceptors (Lipinski definition) is 4. The minimum atomic E-state index is -0.651. The molecule has 103 valence electrons. The van der Waals surface area contributed by atoms with Crippen LogP contribution in [-0.4, -0.2) is 37.9 Å². The van der Waals surface area contributed by atoms with E-state index in [9.17, 15) is 5.11 Å². The number of aliphatic hydroxyl groups is 1. The van der Waals surface area contributed by atoms with Gasteiger partial charge in [0.25, 0.3) is 0 Å². The number of aliphatic hydroxyl groups excluding tert-OH is 1. The predicted molar refractivity (Wildman–Crippen MR) is 77.8 cm³/mol. The third-order valence-corrected chi connectivity index (χ3v) is 4.32. The van der Waals surface area contributed by atoms with Crippen LogP contribution in [0.2, 0.25) is 0 Å². The molecule has 1 heterocycles. The van der Waals surface area contributed by atoms with Crippen molar-refractivity contribution in [2.75, 3.05) is 6.61 Å². The number of rotatable bonds is 7. The highest BCUT2D eigenvalue weighted by molar-refractivity contribution is 8.15.